The van der Waals surface area contributed by atoms with E-state index in [1.165, 1.54) is 5.04 Å². The van der Waals surface area contributed by atoms with E-state index in [-0.39, 0.29) is 18.4 Å². The lowest BCUT2D eigenvalue weighted by molar-refractivity contribution is -0.0135. The molecule has 0 aliphatic carbocycles. The van der Waals surface area contributed by atoms with Gasteiger partial charge in [0.15, 0.2) is 0 Å². The maximum atomic E-state index is 9.44. The van der Waals surface area contributed by atoms with Crippen molar-refractivity contribution in [2.75, 3.05) is 58.2 Å². The molecule has 0 radical (unpaired) electrons. The molecule has 3 unspecified atom stereocenters. The van der Waals surface area contributed by atoms with Crippen molar-refractivity contribution in [3.63, 3.8) is 0 Å². The highest BCUT2D eigenvalue weighted by atomic mass is 32.2. The summed E-state index contributed by atoms with van der Waals surface area (Å²) in [5.41, 5.74) is 0. The van der Waals surface area contributed by atoms with Crippen LogP contribution >= 0.6 is 24.4 Å². The molecule has 0 aromatic carbocycles. The summed E-state index contributed by atoms with van der Waals surface area (Å²) in [6.07, 6.45) is 4.11. The largest absolute Gasteiger partial charge is 0.501 e. The maximum absolute atomic E-state index is 9.44. The summed E-state index contributed by atoms with van der Waals surface area (Å²) in [6, 6.07) is 1.73. The first-order valence-electron chi connectivity index (χ1n) is 13.2. The van der Waals surface area contributed by atoms with Gasteiger partial charge in [0, 0.05) is 70.5 Å². The fourth-order valence-electron chi connectivity index (χ4n) is 3.46. The number of hydrogen-bond acceptors (Lipinski definition) is 9. The van der Waals surface area contributed by atoms with E-state index in [0.29, 0.717) is 39.0 Å². The molecule has 0 saturated carbocycles. The highest BCUT2D eigenvalue weighted by Gasteiger charge is 2.44. The van der Waals surface area contributed by atoms with Crippen LogP contribution in [0.25, 0.3) is 0 Å². The van der Waals surface area contributed by atoms with Gasteiger partial charge in [-0.1, -0.05) is 34.1 Å². The highest BCUT2D eigenvalue weighted by Crippen LogP contribution is 2.26. The molecule has 1 N–H and O–H groups in total. The van der Waals surface area contributed by atoms with Gasteiger partial charge in [-0.25, -0.2) is 0 Å². The minimum Gasteiger partial charge on any atom is -0.396 e. The predicted molar refractivity (Wildman–Crippen MR) is 155 cm³/mol. The van der Waals surface area contributed by atoms with Crippen molar-refractivity contribution in [2.24, 2.45) is 22.7 Å². The number of thiol groups is 1. The lowest BCUT2D eigenvalue weighted by atomic mass is 10.2. The standard InChI is InChI=1S/C24H51NO6S2Si2/c1-7-10-24(25-5)33-12-9-13-34(6,27-16-21(2)15-26)28-17-22(3)18-29-35(14-8-11-32)30-19-23(4)20-31-35/h21-23,26,32H,7-20H2,1-6H3. The van der Waals surface area contributed by atoms with Crippen molar-refractivity contribution in [1.82, 2.24) is 0 Å². The van der Waals surface area contributed by atoms with Gasteiger partial charge in [0.05, 0.1) is 5.04 Å². The first-order chi connectivity index (χ1) is 16.7. The number of hydrogen-bond donors (Lipinski definition) is 2. The van der Waals surface area contributed by atoms with E-state index < -0.39 is 17.4 Å². The quantitative estimate of drug-likeness (QED) is 0.0722. The Morgan fingerprint density at radius 3 is 2.40 bits per heavy atom. The van der Waals surface area contributed by atoms with E-state index in [9.17, 15) is 5.11 Å². The Bertz CT molecular complexity index is 579. The highest BCUT2D eigenvalue weighted by molar-refractivity contribution is 8.13. The van der Waals surface area contributed by atoms with Crippen molar-refractivity contribution in [3.8, 4) is 0 Å². The van der Waals surface area contributed by atoms with Crippen molar-refractivity contribution in [2.45, 2.75) is 72.0 Å². The molecule has 0 aromatic heterocycles. The van der Waals surface area contributed by atoms with E-state index in [1.54, 1.807) is 0 Å². The summed E-state index contributed by atoms with van der Waals surface area (Å²) in [4.78, 5) is 4.39. The van der Waals surface area contributed by atoms with Crippen LogP contribution in [0.5, 0.6) is 0 Å². The van der Waals surface area contributed by atoms with Gasteiger partial charge in [-0.15, -0.1) is 11.8 Å². The van der Waals surface area contributed by atoms with Crippen LogP contribution in [0.1, 0.15) is 53.4 Å². The molecule has 0 bridgehead atoms. The molecule has 1 fully saturated rings. The number of nitrogens with zero attached hydrogens (tertiary/aromatic N) is 1. The zero-order valence-electron chi connectivity index (χ0n) is 22.9. The summed E-state index contributed by atoms with van der Waals surface area (Å²) in [5.74, 6) is 2.52. The predicted octanol–water partition coefficient (Wildman–Crippen LogP) is 5.27. The first-order valence-corrected chi connectivity index (χ1v) is 19.3. The molecule has 1 heterocycles. The Hall–Kier alpha value is 0.564. The molecule has 0 aromatic rings. The number of thioether (sulfide) groups is 1. The van der Waals surface area contributed by atoms with Crippen LogP contribution < -0.4 is 0 Å². The SMILES string of the molecule is CCCC(=NC)SCCC[Si](C)(OCC(C)CO)OCC(C)CO[Si]1(CCCS)OCC(C)CO1. The number of rotatable bonds is 19. The Labute approximate surface area is 226 Å². The Kier molecular flexibility index (Phi) is 18.0. The molecule has 35 heavy (non-hydrogen) atoms. The molecule has 1 aliphatic rings. The Morgan fingerprint density at radius 1 is 1.17 bits per heavy atom. The van der Waals surface area contributed by atoms with Gasteiger partial charge >= 0.3 is 17.4 Å². The second-order valence-electron chi connectivity index (χ2n) is 10.0. The second-order valence-corrected chi connectivity index (χ2v) is 17.7. The molecule has 1 aliphatic heterocycles. The Balaban J connectivity index is 2.59. The van der Waals surface area contributed by atoms with Crippen LogP contribution in [0.15, 0.2) is 4.99 Å². The van der Waals surface area contributed by atoms with Crippen LogP contribution in [0, 0.1) is 17.8 Å². The van der Waals surface area contributed by atoms with Gasteiger partial charge in [-0.2, -0.15) is 12.6 Å². The van der Waals surface area contributed by atoms with Gasteiger partial charge in [-0.05, 0) is 43.4 Å². The number of aliphatic hydroxyl groups is 1. The van der Waals surface area contributed by atoms with E-state index >= 15 is 0 Å². The number of aliphatic hydroxyl groups excluding tert-OH is 1. The Morgan fingerprint density at radius 2 is 1.83 bits per heavy atom. The molecule has 1 rings (SSSR count). The lowest BCUT2D eigenvalue weighted by Crippen LogP contribution is -2.52. The van der Waals surface area contributed by atoms with Crippen LogP contribution in [0.4, 0.5) is 0 Å². The summed E-state index contributed by atoms with van der Waals surface area (Å²) >= 11 is 6.20. The first kappa shape index (κ1) is 33.6. The molecule has 208 valence electrons. The molecule has 3 atom stereocenters. The van der Waals surface area contributed by atoms with Crippen LogP contribution in [0.3, 0.4) is 0 Å². The zero-order valence-corrected chi connectivity index (χ0v) is 26.6. The maximum Gasteiger partial charge on any atom is 0.501 e. The minimum atomic E-state index is -2.63. The van der Waals surface area contributed by atoms with Crippen molar-refractivity contribution in [1.29, 1.82) is 0 Å². The molecule has 1 saturated heterocycles. The monoisotopic (exact) mass is 569 g/mol. The summed E-state index contributed by atoms with van der Waals surface area (Å²) < 4.78 is 31.4. The molecule has 0 amide bonds. The van der Waals surface area contributed by atoms with Gasteiger partial charge in [0.1, 0.15) is 0 Å². The summed E-state index contributed by atoms with van der Waals surface area (Å²) in [5, 5.41) is 10.7. The van der Waals surface area contributed by atoms with E-state index in [0.717, 1.165) is 49.3 Å². The van der Waals surface area contributed by atoms with Crippen LogP contribution in [-0.4, -0.2) is 85.7 Å². The van der Waals surface area contributed by atoms with Gasteiger partial charge in [-0.3, -0.25) is 4.99 Å². The van der Waals surface area contributed by atoms with Crippen molar-refractivity contribution >= 4 is 46.8 Å². The second kappa shape index (κ2) is 18.8. The van der Waals surface area contributed by atoms with Crippen molar-refractivity contribution in [3.05, 3.63) is 0 Å². The van der Waals surface area contributed by atoms with E-state index in [4.69, 9.17) is 22.1 Å². The topological polar surface area (TPSA) is 78.7 Å². The van der Waals surface area contributed by atoms with Crippen LogP contribution in [-0.2, 0) is 22.1 Å². The van der Waals surface area contributed by atoms with Gasteiger partial charge in [0.25, 0.3) is 0 Å². The lowest BCUT2D eigenvalue weighted by Gasteiger charge is -2.36. The molecular weight excluding hydrogens is 519 g/mol. The third kappa shape index (κ3) is 14.3. The average molecular weight is 570 g/mol. The minimum absolute atomic E-state index is 0.101. The molecule has 11 heteroatoms. The molecule has 7 nitrogen and oxygen atoms in total. The average Bonchev–Trinajstić information content (AvgIpc) is 2.87. The molecular formula is C24H51NO6S2Si2. The van der Waals surface area contributed by atoms with E-state index in [1.807, 2.05) is 25.7 Å². The van der Waals surface area contributed by atoms with Gasteiger partial charge in [0.2, 0.25) is 0 Å². The van der Waals surface area contributed by atoms with Gasteiger partial charge < -0.3 is 27.2 Å². The fraction of sp³-hybridized carbons (Fsp3) is 0.958. The summed E-state index contributed by atoms with van der Waals surface area (Å²) in [6.45, 7) is 13.8. The smallest absolute Gasteiger partial charge is 0.396 e. The summed E-state index contributed by atoms with van der Waals surface area (Å²) in [7, 11) is -3.15. The van der Waals surface area contributed by atoms with E-state index in [2.05, 4.69) is 44.9 Å². The number of aliphatic imine (C=N–C) groups is 1. The third-order valence-corrected chi connectivity index (χ3v) is 13.0. The normalized spacial score (nSPS) is 24.8. The third-order valence-electron chi connectivity index (χ3n) is 5.82. The molecule has 0 spiro atoms. The van der Waals surface area contributed by atoms with Crippen LogP contribution in [0.2, 0.25) is 18.6 Å². The van der Waals surface area contributed by atoms with Crippen molar-refractivity contribution < 1.29 is 27.2 Å². The fourth-order valence-corrected chi connectivity index (χ4v) is 10.5. The zero-order chi connectivity index (χ0) is 26.2.